The minimum absolute atomic E-state index is 0.120. The molecule has 0 spiro atoms. The van der Waals surface area contributed by atoms with Gasteiger partial charge in [0.1, 0.15) is 5.82 Å². The fourth-order valence-corrected chi connectivity index (χ4v) is 2.81. The van der Waals surface area contributed by atoms with Gasteiger partial charge in [-0.2, -0.15) is 11.8 Å². The molecular weight excluding hydrogens is 332 g/mol. The van der Waals surface area contributed by atoms with Crippen LogP contribution in [0.3, 0.4) is 0 Å². The van der Waals surface area contributed by atoms with Crippen molar-refractivity contribution in [2.24, 2.45) is 0 Å². The number of benzene rings is 2. The number of amides is 1. The highest BCUT2D eigenvalue weighted by atomic mass is 32.2. The molecule has 0 fully saturated rings. The Hall–Kier alpha value is -2.08. The van der Waals surface area contributed by atoms with Crippen molar-refractivity contribution in [2.75, 3.05) is 18.9 Å². The Balaban J connectivity index is 1.55. The van der Waals surface area contributed by atoms with Gasteiger partial charge in [-0.25, -0.2) is 8.78 Å². The molecule has 3 nitrogen and oxygen atoms in total. The molecule has 0 aliphatic heterocycles. The zero-order valence-electron chi connectivity index (χ0n) is 13.1. The van der Waals surface area contributed by atoms with Crippen LogP contribution in [-0.4, -0.2) is 24.8 Å². The van der Waals surface area contributed by atoms with Crippen LogP contribution in [-0.2, 0) is 10.5 Å². The molecule has 0 atom stereocenters. The fourth-order valence-electron chi connectivity index (χ4n) is 1.96. The topological polar surface area (TPSA) is 38.3 Å². The number of nitrogens with one attached hydrogen (secondary N) is 1. The zero-order chi connectivity index (χ0) is 17.2. The monoisotopic (exact) mass is 351 g/mol. The average molecular weight is 351 g/mol. The van der Waals surface area contributed by atoms with E-state index in [1.54, 1.807) is 42.1 Å². The van der Waals surface area contributed by atoms with Gasteiger partial charge in [0, 0.05) is 18.1 Å². The summed E-state index contributed by atoms with van der Waals surface area (Å²) >= 11 is 1.55. The standard InChI is InChI=1S/C18H19F2NO2S/c19-15-6-2-1-5-14(15)13-24-12-10-21-18(22)9-11-23-17-8-4-3-7-16(17)20/h1-8H,9-13H2,(H,21,22). The van der Waals surface area contributed by atoms with Crippen LogP contribution in [0.5, 0.6) is 5.75 Å². The minimum Gasteiger partial charge on any atom is -0.490 e. The molecular formula is C18H19F2NO2S. The lowest BCUT2D eigenvalue weighted by Crippen LogP contribution is -2.27. The zero-order valence-corrected chi connectivity index (χ0v) is 14.0. The van der Waals surface area contributed by atoms with Crippen LogP contribution in [0.4, 0.5) is 8.78 Å². The summed E-state index contributed by atoms with van der Waals surface area (Å²) in [6.45, 7) is 0.618. The maximum atomic E-state index is 13.4. The third-order valence-corrected chi connectivity index (χ3v) is 4.22. The second-order valence-corrected chi connectivity index (χ2v) is 6.13. The third-order valence-electron chi connectivity index (χ3n) is 3.21. The lowest BCUT2D eigenvalue weighted by Gasteiger charge is -2.08. The molecule has 0 bridgehead atoms. The quantitative estimate of drug-likeness (QED) is 0.699. The van der Waals surface area contributed by atoms with Crippen LogP contribution in [0.15, 0.2) is 48.5 Å². The molecule has 2 rings (SSSR count). The summed E-state index contributed by atoms with van der Waals surface area (Å²) in [5.41, 5.74) is 0.659. The Kier molecular flexibility index (Phi) is 7.55. The van der Waals surface area contributed by atoms with E-state index in [1.165, 1.54) is 18.2 Å². The van der Waals surface area contributed by atoms with Crippen molar-refractivity contribution in [1.29, 1.82) is 0 Å². The Morgan fingerprint density at radius 3 is 2.50 bits per heavy atom. The predicted molar refractivity (Wildman–Crippen MR) is 92.1 cm³/mol. The number of thioether (sulfide) groups is 1. The third kappa shape index (κ3) is 6.20. The molecule has 2 aromatic rings. The molecule has 2 aromatic carbocycles. The van der Waals surface area contributed by atoms with Crippen LogP contribution in [0, 0.1) is 11.6 Å². The van der Waals surface area contributed by atoms with E-state index in [1.807, 2.05) is 0 Å². The molecule has 1 amide bonds. The highest BCUT2D eigenvalue weighted by Gasteiger charge is 2.05. The van der Waals surface area contributed by atoms with E-state index in [0.29, 0.717) is 23.6 Å². The van der Waals surface area contributed by atoms with E-state index in [9.17, 15) is 13.6 Å². The van der Waals surface area contributed by atoms with Gasteiger partial charge in [0.05, 0.1) is 13.0 Å². The number of carbonyl (C=O) groups is 1. The van der Waals surface area contributed by atoms with Crippen molar-refractivity contribution in [3.8, 4) is 5.75 Å². The first-order chi connectivity index (χ1) is 11.7. The SMILES string of the molecule is O=C(CCOc1ccccc1F)NCCSCc1ccccc1F. The average Bonchev–Trinajstić information content (AvgIpc) is 2.58. The van der Waals surface area contributed by atoms with E-state index < -0.39 is 5.82 Å². The van der Waals surface area contributed by atoms with Crippen LogP contribution in [0.25, 0.3) is 0 Å². The fraction of sp³-hybridized carbons (Fsp3) is 0.278. The van der Waals surface area contributed by atoms with E-state index in [2.05, 4.69) is 5.32 Å². The van der Waals surface area contributed by atoms with Gasteiger partial charge in [0.2, 0.25) is 5.91 Å². The van der Waals surface area contributed by atoms with E-state index in [4.69, 9.17) is 4.74 Å². The van der Waals surface area contributed by atoms with Crippen LogP contribution in [0.2, 0.25) is 0 Å². The van der Waals surface area contributed by atoms with Crippen LogP contribution >= 0.6 is 11.8 Å². The van der Waals surface area contributed by atoms with Crippen molar-refractivity contribution in [3.63, 3.8) is 0 Å². The van der Waals surface area contributed by atoms with Crippen molar-refractivity contribution in [3.05, 3.63) is 65.7 Å². The minimum atomic E-state index is -0.442. The van der Waals surface area contributed by atoms with E-state index in [-0.39, 0.29) is 30.5 Å². The molecule has 0 unspecified atom stereocenters. The lowest BCUT2D eigenvalue weighted by atomic mass is 10.2. The van der Waals surface area contributed by atoms with Gasteiger partial charge >= 0.3 is 0 Å². The molecule has 0 saturated carbocycles. The summed E-state index contributed by atoms with van der Waals surface area (Å²) < 4.78 is 31.9. The number of carbonyl (C=O) groups excluding carboxylic acids is 1. The van der Waals surface area contributed by atoms with Gasteiger partial charge in [-0.3, -0.25) is 4.79 Å². The second kappa shape index (κ2) is 9.93. The first kappa shape index (κ1) is 18.3. The molecule has 0 aliphatic rings. The molecule has 6 heteroatoms. The molecule has 0 radical (unpaired) electrons. The molecule has 1 N–H and O–H groups in total. The van der Waals surface area contributed by atoms with Gasteiger partial charge in [0.15, 0.2) is 11.6 Å². The Morgan fingerprint density at radius 2 is 1.75 bits per heavy atom. The number of rotatable bonds is 9. The van der Waals surface area contributed by atoms with Crippen molar-refractivity contribution < 1.29 is 18.3 Å². The highest BCUT2D eigenvalue weighted by molar-refractivity contribution is 7.98. The summed E-state index contributed by atoms with van der Waals surface area (Å²) in [6.07, 6.45) is 0.159. The largest absolute Gasteiger partial charge is 0.490 e. The Bertz CT molecular complexity index is 667. The smallest absolute Gasteiger partial charge is 0.223 e. The second-order valence-electron chi connectivity index (χ2n) is 5.02. The molecule has 128 valence electrons. The summed E-state index contributed by atoms with van der Waals surface area (Å²) in [5.74, 6) is 0.595. The number of hydrogen-bond donors (Lipinski definition) is 1. The number of ether oxygens (including phenoxy) is 1. The van der Waals surface area contributed by atoms with Crippen LogP contribution in [0.1, 0.15) is 12.0 Å². The maximum Gasteiger partial charge on any atom is 0.223 e. The van der Waals surface area contributed by atoms with E-state index in [0.717, 1.165) is 0 Å². The normalized spacial score (nSPS) is 10.4. The van der Waals surface area contributed by atoms with Crippen molar-refractivity contribution in [2.45, 2.75) is 12.2 Å². The van der Waals surface area contributed by atoms with Gasteiger partial charge in [-0.05, 0) is 23.8 Å². The molecule has 24 heavy (non-hydrogen) atoms. The van der Waals surface area contributed by atoms with Gasteiger partial charge < -0.3 is 10.1 Å². The highest BCUT2D eigenvalue weighted by Crippen LogP contribution is 2.16. The summed E-state index contributed by atoms with van der Waals surface area (Å²) in [6, 6.07) is 12.7. The molecule has 0 heterocycles. The molecule has 0 aromatic heterocycles. The summed E-state index contributed by atoms with van der Waals surface area (Å²) in [7, 11) is 0. The number of hydrogen-bond acceptors (Lipinski definition) is 3. The van der Waals surface area contributed by atoms with Gasteiger partial charge in [0.25, 0.3) is 0 Å². The van der Waals surface area contributed by atoms with Crippen molar-refractivity contribution >= 4 is 17.7 Å². The Labute approximate surface area is 144 Å². The van der Waals surface area contributed by atoms with Gasteiger partial charge in [-0.1, -0.05) is 30.3 Å². The summed E-state index contributed by atoms with van der Waals surface area (Å²) in [5, 5.41) is 2.76. The first-order valence-electron chi connectivity index (χ1n) is 7.62. The van der Waals surface area contributed by atoms with E-state index >= 15 is 0 Å². The van der Waals surface area contributed by atoms with Crippen LogP contribution < -0.4 is 10.1 Å². The van der Waals surface area contributed by atoms with Crippen molar-refractivity contribution in [1.82, 2.24) is 5.32 Å². The molecule has 0 aliphatic carbocycles. The predicted octanol–water partition coefficient (Wildman–Crippen LogP) is 3.78. The summed E-state index contributed by atoms with van der Waals surface area (Å²) in [4.78, 5) is 11.7. The number of halogens is 2. The lowest BCUT2D eigenvalue weighted by molar-refractivity contribution is -0.121. The Morgan fingerprint density at radius 1 is 1.04 bits per heavy atom. The first-order valence-corrected chi connectivity index (χ1v) is 8.77. The van der Waals surface area contributed by atoms with Gasteiger partial charge in [-0.15, -0.1) is 0 Å². The number of para-hydroxylation sites is 1. The molecule has 0 saturated heterocycles. The maximum absolute atomic E-state index is 13.4.